The largest absolute Gasteiger partial charge is 0.490 e. The minimum atomic E-state index is -0.823. The van der Waals surface area contributed by atoms with Crippen LogP contribution >= 0.6 is 15.9 Å². The molecular formula is C27H22BrFN2O5. The van der Waals surface area contributed by atoms with Crippen LogP contribution in [0.1, 0.15) is 23.6 Å². The summed E-state index contributed by atoms with van der Waals surface area (Å²) in [7, 11) is 0. The number of rotatable bonds is 7. The van der Waals surface area contributed by atoms with E-state index in [0.717, 1.165) is 14.9 Å². The van der Waals surface area contributed by atoms with Crippen molar-refractivity contribution >= 4 is 45.5 Å². The van der Waals surface area contributed by atoms with Gasteiger partial charge in [0, 0.05) is 10.0 Å². The number of nitrogens with one attached hydrogen (secondary N) is 1. The molecule has 36 heavy (non-hydrogen) atoms. The van der Waals surface area contributed by atoms with Crippen LogP contribution in [0.5, 0.6) is 11.5 Å². The molecule has 9 heteroatoms. The lowest BCUT2D eigenvalue weighted by molar-refractivity contribution is -0.122. The molecule has 1 saturated heterocycles. The van der Waals surface area contributed by atoms with E-state index >= 15 is 0 Å². The number of nitrogens with zero attached hydrogens (tertiary/aromatic N) is 1. The molecule has 3 aromatic carbocycles. The van der Waals surface area contributed by atoms with Crippen LogP contribution in [-0.4, -0.2) is 24.5 Å². The van der Waals surface area contributed by atoms with Gasteiger partial charge in [-0.05, 0) is 67.4 Å². The zero-order valence-corrected chi connectivity index (χ0v) is 21.1. The Morgan fingerprint density at radius 1 is 1.00 bits per heavy atom. The highest BCUT2D eigenvalue weighted by molar-refractivity contribution is 9.10. The molecule has 0 saturated carbocycles. The van der Waals surface area contributed by atoms with E-state index < -0.39 is 17.8 Å². The Labute approximate surface area is 215 Å². The van der Waals surface area contributed by atoms with E-state index in [-0.39, 0.29) is 18.0 Å². The highest BCUT2D eigenvalue weighted by Gasteiger charge is 2.37. The number of halogens is 2. The molecule has 1 aliphatic heterocycles. The molecule has 3 aromatic rings. The molecular weight excluding hydrogens is 531 g/mol. The maximum absolute atomic E-state index is 13.9. The van der Waals surface area contributed by atoms with E-state index in [2.05, 4.69) is 21.2 Å². The maximum Gasteiger partial charge on any atom is 0.335 e. The van der Waals surface area contributed by atoms with E-state index in [4.69, 9.17) is 9.47 Å². The van der Waals surface area contributed by atoms with Crippen LogP contribution in [0.2, 0.25) is 0 Å². The molecule has 0 aromatic heterocycles. The number of anilines is 1. The molecule has 0 aliphatic carbocycles. The van der Waals surface area contributed by atoms with Gasteiger partial charge in [-0.25, -0.2) is 14.1 Å². The lowest BCUT2D eigenvalue weighted by Gasteiger charge is -2.26. The van der Waals surface area contributed by atoms with Crippen molar-refractivity contribution in [3.05, 3.63) is 93.2 Å². The van der Waals surface area contributed by atoms with Crippen molar-refractivity contribution in [3.8, 4) is 11.5 Å². The van der Waals surface area contributed by atoms with Gasteiger partial charge in [-0.2, -0.15) is 0 Å². The summed E-state index contributed by atoms with van der Waals surface area (Å²) in [6, 6.07) is 15.3. The molecule has 4 rings (SSSR count). The zero-order valence-electron chi connectivity index (χ0n) is 19.5. The first-order chi connectivity index (χ1) is 17.3. The summed E-state index contributed by atoms with van der Waals surface area (Å²) in [4.78, 5) is 39.1. The number of barbiturate groups is 1. The average Bonchev–Trinajstić information content (AvgIpc) is 2.84. The fourth-order valence-corrected chi connectivity index (χ4v) is 3.85. The smallest absolute Gasteiger partial charge is 0.335 e. The molecule has 0 atom stereocenters. The number of hydrogen-bond donors (Lipinski definition) is 1. The topological polar surface area (TPSA) is 84.9 Å². The van der Waals surface area contributed by atoms with Crippen molar-refractivity contribution in [1.82, 2.24) is 5.32 Å². The maximum atomic E-state index is 13.9. The number of carbonyl (C=O) groups is 3. The van der Waals surface area contributed by atoms with Gasteiger partial charge in [0.15, 0.2) is 11.5 Å². The van der Waals surface area contributed by atoms with Crippen molar-refractivity contribution in [1.29, 1.82) is 0 Å². The molecule has 0 spiro atoms. The van der Waals surface area contributed by atoms with Crippen LogP contribution in [0.3, 0.4) is 0 Å². The molecule has 184 valence electrons. The first-order valence-electron chi connectivity index (χ1n) is 11.1. The number of hydrogen-bond acceptors (Lipinski definition) is 5. The van der Waals surface area contributed by atoms with Crippen LogP contribution in [0.15, 0.2) is 70.7 Å². The SMILES string of the molecule is CCOc1cc(/C=C2\C(=O)NC(=O)N(c3ccc(Br)c(C)c3)C2=O)ccc1OCc1ccccc1F. The molecule has 0 unspecified atom stereocenters. The van der Waals surface area contributed by atoms with Gasteiger partial charge in [0.1, 0.15) is 18.0 Å². The predicted molar refractivity (Wildman–Crippen MR) is 136 cm³/mol. The van der Waals surface area contributed by atoms with Crippen LogP contribution in [0.4, 0.5) is 14.9 Å². The number of carbonyl (C=O) groups excluding carboxylic acids is 3. The van der Waals surface area contributed by atoms with E-state index in [0.29, 0.717) is 34.9 Å². The third kappa shape index (κ3) is 5.31. The van der Waals surface area contributed by atoms with Crippen molar-refractivity contribution in [2.45, 2.75) is 20.5 Å². The number of aryl methyl sites for hydroxylation is 1. The third-order valence-corrected chi connectivity index (χ3v) is 6.31. The molecule has 1 fully saturated rings. The predicted octanol–water partition coefficient (Wildman–Crippen LogP) is 5.54. The highest BCUT2D eigenvalue weighted by atomic mass is 79.9. The van der Waals surface area contributed by atoms with Crippen LogP contribution in [-0.2, 0) is 16.2 Å². The van der Waals surface area contributed by atoms with Gasteiger partial charge in [-0.1, -0.05) is 40.2 Å². The quantitative estimate of drug-likeness (QED) is 0.307. The summed E-state index contributed by atoms with van der Waals surface area (Å²) in [6.07, 6.45) is 1.38. The summed E-state index contributed by atoms with van der Waals surface area (Å²) in [5.74, 6) is -1.18. The number of amides is 4. The van der Waals surface area contributed by atoms with E-state index in [1.54, 1.807) is 61.5 Å². The van der Waals surface area contributed by atoms with Gasteiger partial charge in [-0.15, -0.1) is 0 Å². The van der Waals surface area contributed by atoms with Crippen molar-refractivity contribution in [2.24, 2.45) is 0 Å². The first-order valence-corrected chi connectivity index (χ1v) is 11.9. The monoisotopic (exact) mass is 552 g/mol. The second-order valence-corrected chi connectivity index (χ2v) is 8.76. The minimum absolute atomic E-state index is 0.00223. The third-order valence-electron chi connectivity index (χ3n) is 5.42. The fourth-order valence-electron chi connectivity index (χ4n) is 3.60. The van der Waals surface area contributed by atoms with E-state index in [1.165, 1.54) is 12.1 Å². The Bertz CT molecular complexity index is 1390. The second kappa shape index (κ2) is 10.7. The van der Waals surface area contributed by atoms with Crippen LogP contribution in [0.25, 0.3) is 6.08 Å². The lowest BCUT2D eigenvalue weighted by Crippen LogP contribution is -2.54. The summed E-state index contributed by atoms with van der Waals surface area (Å²) in [5.41, 5.74) is 1.82. The molecule has 7 nitrogen and oxygen atoms in total. The Morgan fingerprint density at radius 3 is 2.50 bits per heavy atom. The van der Waals surface area contributed by atoms with Crippen molar-refractivity contribution in [2.75, 3.05) is 11.5 Å². The van der Waals surface area contributed by atoms with Gasteiger partial charge in [0.25, 0.3) is 11.8 Å². The van der Waals surface area contributed by atoms with Gasteiger partial charge in [0.2, 0.25) is 0 Å². The molecule has 0 radical (unpaired) electrons. The van der Waals surface area contributed by atoms with E-state index in [1.807, 2.05) is 6.92 Å². The molecule has 0 bridgehead atoms. The average molecular weight is 553 g/mol. The molecule has 1 aliphatic rings. The second-order valence-electron chi connectivity index (χ2n) is 7.91. The van der Waals surface area contributed by atoms with Gasteiger partial charge < -0.3 is 9.47 Å². The highest BCUT2D eigenvalue weighted by Crippen LogP contribution is 2.31. The molecule has 1 N–H and O–H groups in total. The van der Waals surface area contributed by atoms with Crippen LogP contribution in [0, 0.1) is 12.7 Å². The molecule has 1 heterocycles. The Balaban J connectivity index is 1.63. The minimum Gasteiger partial charge on any atom is -0.490 e. The zero-order chi connectivity index (χ0) is 25.8. The van der Waals surface area contributed by atoms with Crippen molar-refractivity contribution in [3.63, 3.8) is 0 Å². The van der Waals surface area contributed by atoms with E-state index in [9.17, 15) is 18.8 Å². The summed E-state index contributed by atoms with van der Waals surface area (Å²) >= 11 is 3.39. The Hall–Kier alpha value is -3.98. The Kier molecular flexibility index (Phi) is 7.49. The number of urea groups is 1. The van der Waals surface area contributed by atoms with Crippen molar-refractivity contribution < 1.29 is 28.2 Å². The normalized spacial score (nSPS) is 14.7. The fraction of sp³-hybridized carbons (Fsp3) is 0.148. The molecule has 4 amide bonds. The number of benzene rings is 3. The van der Waals surface area contributed by atoms with Gasteiger partial charge >= 0.3 is 6.03 Å². The first kappa shape index (κ1) is 25.1. The standard InChI is InChI=1S/C27H22BrFN2O5/c1-3-35-24-14-17(8-11-23(24)36-15-18-6-4-5-7-22(18)29)13-20-25(32)30-27(34)31(26(20)33)19-9-10-21(28)16(2)12-19/h4-14H,3,15H2,1-2H3,(H,30,32,34)/b20-13+. The van der Waals surface area contributed by atoms with Gasteiger partial charge in [-0.3, -0.25) is 14.9 Å². The Morgan fingerprint density at radius 2 is 1.78 bits per heavy atom. The lowest BCUT2D eigenvalue weighted by atomic mass is 10.1. The van der Waals surface area contributed by atoms with Gasteiger partial charge in [0.05, 0.1) is 12.3 Å². The summed E-state index contributed by atoms with van der Waals surface area (Å²) in [5, 5.41) is 2.21. The summed E-state index contributed by atoms with van der Waals surface area (Å²) < 4.78 is 26.2. The van der Waals surface area contributed by atoms with Crippen LogP contribution < -0.4 is 19.7 Å². The number of imide groups is 2. The number of ether oxygens (including phenoxy) is 2. The summed E-state index contributed by atoms with van der Waals surface area (Å²) in [6.45, 7) is 3.96.